The van der Waals surface area contributed by atoms with E-state index in [1.165, 1.54) is 42.0 Å². The number of hydrogen-bond donors (Lipinski definition) is 0. The molecule has 0 unspecified atom stereocenters. The van der Waals surface area contributed by atoms with Crippen molar-refractivity contribution >= 4 is 53.3 Å². The molecule has 10 rings (SSSR count). The number of benzene rings is 7. The van der Waals surface area contributed by atoms with Crippen LogP contribution in [0.5, 0.6) is 0 Å². The van der Waals surface area contributed by atoms with Gasteiger partial charge in [-0.3, -0.25) is 0 Å². The van der Waals surface area contributed by atoms with E-state index in [0.29, 0.717) is 17.5 Å². The maximum Gasteiger partial charge on any atom is 0.164 e. The van der Waals surface area contributed by atoms with Crippen LogP contribution in [0.3, 0.4) is 0 Å². The Morgan fingerprint density at radius 2 is 0.920 bits per heavy atom. The molecule has 0 aliphatic rings. The average Bonchev–Trinajstić information content (AvgIpc) is 3.74. The van der Waals surface area contributed by atoms with Crippen molar-refractivity contribution in [1.82, 2.24) is 19.5 Å². The fourth-order valence-corrected chi connectivity index (χ4v) is 8.24. The van der Waals surface area contributed by atoms with Gasteiger partial charge in [-0.15, -0.1) is 11.3 Å². The first-order chi connectivity index (χ1) is 24.8. The Hall–Kier alpha value is -6.43. The summed E-state index contributed by atoms with van der Waals surface area (Å²) in [6.07, 6.45) is 0. The van der Waals surface area contributed by atoms with E-state index in [9.17, 15) is 0 Å². The number of thiophene rings is 1. The summed E-state index contributed by atoms with van der Waals surface area (Å²) < 4.78 is 5.05. The van der Waals surface area contributed by atoms with Gasteiger partial charge in [0, 0.05) is 53.3 Å². The SMILES string of the molecule is c1ccc(-c2nc(-c3ccccc3)nc(-c3ccc(-c4cccc(-n5c6ccccc6c6c7c(ccc65)sc5ccccc57)c4)cc3)n2)cc1. The number of fused-ring (bicyclic) bond motifs is 7. The van der Waals surface area contributed by atoms with Crippen molar-refractivity contribution in [2.45, 2.75) is 0 Å². The van der Waals surface area contributed by atoms with Crippen LogP contribution in [0.2, 0.25) is 0 Å². The third-order valence-corrected chi connectivity index (χ3v) is 10.6. The largest absolute Gasteiger partial charge is 0.309 e. The summed E-state index contributed by atoms with van der Waals surface area (Å²) in [5, 5.41) is 5.25. The van der Waals surface area contributed by atoms with Crippen LogP contribution >= 0.6 is 11.3 Å². The summed E-state index contributed by atoms with van der Waals surface area (Å²) in [6, 6.07) is 59.7. The Morgan fingerprint density at radius 3 is 1.62 bits per heavy atom. The van der Waals surface area contributed by atoms with Crippen molar-refractivity contribution in [1.29, 1.82) is 0 Å². The standard InChI is InChI=1S/C45H28N4S/c1-3-12-30(13-4-1)43-46-44(31-14-5-2-6-15-31)48-45(47-43)32-24-22-29(23-25-32)33-16-11-17-34(28-33)49-37-20-9-7-18-35(37)41-38(49)26-27-40-42(41)36-19-8-10-21-39(36)50-40/h1-28H. The number of hydrogen-bond acceptors (Lipinski definition) is 4. The molecule has 50 heavy (non-hydrogen) atoms. The van der Waals surface area contributed by atoms with Crippen molar-refractivity contribution < 1.29 is 0 Å². The summed E-state index contributed by atoms with van der Waals surface area (Å²) >= 11 is 1.87. The lowest BCUT2D eigenvalue weighted by atomic mass is 10.0. The van der Waals surface area contributed by atoms with Gasteiger partial charge < -0.3 is 4.57 Å². The molecule has 3 aromatic heterocycles. The van der Waals surface area contributed by atoms with E-state index < -0.39 is 0 Å². The molecule has 0 aliphatic carbocycles. The lowest BCUT2D eigenvalue weighted by Crippen LogP contribution is -2.00. The van der Waals surface area contributed by atoms with Gasteiger partial charge in [0.05, 0.1) is 11.0 Å². The second-order valence-electron chi connectivity index (χ2n) is 12.4. The third-order valence-electron chi connectivity index (χ3n) is 9.46. The van der Waals surface area contributed by atoms with Crippen molar-refractivity contribution in [3.05, 3.63) is 170 Å². The van der Waals surface area contributed by atoms with Gasteiger partial charge >= 0.3 is 0 Å². The van der Waals surface area contributed by atoms with Gasteiger partial charge in [0.1, 0.15) is 0 Å². The van der Waals surface area contributed by atoms with E-state index in [1.54, 1.807) is 0 Å². The Bertz CT molecular complexity index is 2800. The monoisotopic (exact) mass is 656 g/mol. The molecule has 0 bridgehead atoms. The second-order valence-corrected chi connectivity index (χ2v) is 13.5. The molecule has 0 saturated carbocycles. The summed E-state index contributed by atoms with van der Waals surface area (Å²) in [4.78, 5) is 14.7. The van der Waals surface area contributed by atoms with Crippen molar-refractivity contribution in [3.8, 4) is 51.0 Å². The van der Waals surface area contributed by atoms with E-state index in [1.807, 2.05) is 72.0 Å². The van der Waals surface area contributed by atoms with E-state index in [0.717, 1.165) is 33.5 Å². The smallest absolute Gasteiger partial charge is 0.164 e. The Labute approximate surface area is 292 Å². The Kier molecular flexibility index (Phi) is 6.64. The Morgan fingerprint density at radius 1 is 0.360 bits per heavy atom. The molecule has 234 valence electrons. The van der Waals surface area contributed by atoms with Crippen LogP contribution in [0.4, 0.5) is 0 Å². The molecule has 7 aromatic carbocycles. The molecule has 0 radical (unpaired) electrons. The molecular weight excluding hydrogens is 629 g/mol. The zero-order valence-electron chi connectivity index (χ0n) is 26.9. The topological polar surface area (TPSA) is 43.6 Å². The van der Waals surface area contributed by atoms with Crippen LogP contribution in [-0.2, 0) is 0 Å². The van der Waals surface area contributed by atoms with Crippen molar-refractivity contribution in [3.63, 3.8) is 0 Å². The molecular formula is C45H28N4S. The van der Waals surface area contributed by atoms with Crippen molar-refractivity contribution in [2.75, 3.05) is 0 Å². The highest BCUT2D eigenvalue weighted by Gasteiger charge is 2.18. The average molecular weight is 657 g/mol. The van der Waals surface area contributed by atoms with Crippen LogP contribution in [0.25, 0.3) is 93.0 Å². The van der Waals surface area contributed by atoms with Gasteiger partial charge in [0.25, 0.3) is 0 Å². The lowest BCUT2D eigenvalue weighted by Gasteiger charge is -2.11. The second kappa shape index (κ2) is 11.6. The number of aromatic nitrogens is 4. The maximum absolute atomic E-state index is 4.92. The molecule has 0 fully saturated rings. The minimum absolute atomic E-state index is 0.649. The first-order valence-corrected chi connectivity index (χ1v) is 17.5. The highest BCUT2D eigenvalue weighted by molar-refractivity contribution is 7.26. The predicted molar refractivity (Wildman–Crippen MR) is 209 cm³/mol. The minimum atomic E-state index is 0.649. The molecule has 0 aliphatic heterocycles. The zero-order chi connectivity index (χ0) is 33.0. The fraction of sp³-hybridized carbons (Fsp3) is 0. The van der Waals surface area contributed by atoms with Gasteiger partial charge in [-0.05, 0) is 47.5 Å². The zero-order valence-corrected chi connectivity index (χ0v) is 27.7. The third kappa shape index (κ3) is 4.71. The lowest BCUT2D eigenvalue weighted by molar-refractivity contribution is 1.07. The normalized spacial score (nSPS) is 11.6. The van der Waals surface area contributed by atoms with Crippen LogP contribution in [0.1, 0.15) is 0 Å². The van der Waals surface area contributed by atoms with Crippen molar-refractivity contribution in [2.24, 2.45) is 0 Å². The molecule has 4 nitrogen and oxygen atoms in total. The van der Waals surface area contributed by atoms with Gasteiger partial charge in [-0.25, -0.2) is 15.0 Å². The van der Waals surface area contributed by atoms with E-state index in [-0.39, 0.29) is 0 Å². The molecule has 0 amide bonds. The quantitative estimate of drug-likeness (QED) is 0.185. The molecule has 3 heterocycles. The first-order valence-electron chi connectivity index (χ1n) is 16.7. The predicted octanol–water partition coefficient (Wildman–Crippen LogP) is 12.0. The Balaban J connectivity index is 1.08. The van der Waals surface area contributed by atoms with E-state index in [2.05, 4.69) is 114 Å². The summed E-state index contributed by atoms with van der Waals surface area (Å²) in [5.74, 6) is 1.96. The molecule has 0 saturated heterocycles. The van der Waals surface area contributed by atoms with Crippen LogP contribution < -0.4 is 0 Å². The number of para-hydroxylation sites is 1. The van der Waals surface area contributed by atoms with E-state index >= 15 is 0 Å². The molecule has 0 spiro atoms. The number of rotatable bonds is 5. The minimum Gasteiger partial charge on any atom is -0.309 e. The molecule has 5 heteroatoms. The summed E-state index contributed by atoms with van der Waals surface area (Å²) in [6.45, 7) is 0. The maximum atomic E-state index is 4.92. The fourth-order valence-electron chi connectivity index (χ4n) is 7.13. The van der Waals surface area contributed by atoms with Gasteiger partial charge in [-0.2, -0.15) is 0 Å². The highest BCUT2D eigenvalue weighted by atomic mass is 32.1. The summed E-state index contributed by atoms with van der Waals surface area (Å²) in [7, 11) is 0. The molecule has 0 N–H and O–H groups in total. The van der Waals surface area contributed by atoms with Crippen LogP contribution in [0, 0.1) is 0 Å². The molecule has 10 aromatic rings. The molecule has 0 atom stereocenters. The summed E-state index contributed by atoms with van der Waals surface area (Å²) in [5.41, 5.74) is 8.68. The van der Waals surface area contributed by atoms with Gasteiger partial charge in [0.15, 0.2) is 17.5 Å². The van der Waals surface area contributed by atoms with Crippen LogP contribution in [0.15, 0.2) is 170 Å². The van der Waals surface area contributed by atoms with Gasteiger partial charge in [0.2, 0.25) is 0 Å². The number of nitrogens with zero attached hydrogens (tertiary/aromatic N) is 4. The van der Waals surface area contributed by atoms with E-state index in [4.69, 9.17) is 15.0 Å². The highest BCUT2D eigenvalue weighted by Crippen LogP contribution is 2.43. The first kappa shape index (κ1) is 28.6. The van der Waals surface area contributed by atoms with Gasteiger partial charge in [-0.1, -0.05) is 133 Å². The van der Waals surface area contributed by atoms with Crippen LogP contribution in [-0.4, -0.2) is 19.5 Å².